The zero-order chi connectivity index (χ0) is 13.8. The minimum absolute atomic E-state index is 0.293. The lowest BCUT2D eigenvalue weighted by Crippen LogP contribution is -2.28. The van der Waals surface area contributed by atoms with E-state index in [1.165, 1.54) is 12.1 Å². The van der Waals surface area contributed by atoms with Gasteiger partial charge in [0.05, 0.1) is 4.90 Å². The summed E-state index contributed by atoms with van der Waals surface area (Å²) in [4.78, 5) is 11.2. The molecule has 0 fully saturated rings. The lowest BCUT2D eigenvalue weighted by Gasteiger charge is -2.10. The Labute approximate surface area is 106 Å². The van der Waals surface area contributed by atoms with Crippen LogP contribution in [0.5, 0.6) is 0 Å². The largest absolute Gasteiger partial charge is 0.352 e. The number of hydrogen-bond donors (Lipinski definition) is 1. The van der Waals surface area contributed by atoms with Gasteiger partial charge in [-0.25, -0.2) is 0 Å². The molecule has 1 unspecified atom stereocenters. The molecule has 0 aliphatic rings. The first kappa shape index (κ1) is 14.6. The summed E-state index contributed by atoms with van der Waals surface area (Å²) >= 11 is 0. The normalized spacial score (nSPS) is 13.1. The van der Waals surface area contributed by atoms with E-state index in [1.807, 2.05) is 13.8 Å². The highest BCUT2D eigenvalue weighted by atomic mass is 32.3. The second kappa shape index (κ2) is 5.95. The van der Waals surface area contributed by atoms with Crippen LogP contribution in [0.25, 0.3) is 0 Å². The van der Waals surface area contributed by atoms with E-state index in [0.717, 1.165) is 18.6 Å². The number of carbonyl (C=O) groups is 1. The van der Waals surface area contributed by atoms with Crippen LogP contribution >= 0.6 is 0 Å². The quantitative estimate of drug-likeness (QED) is 0.836. The lowest BCUT2D eigenvalue weighted by molar-refractivity contribution is 0.0947. The Hall–Kier alpha value is -1.43. The molecule has 100 valence electrons. The highest BCUT2D eigenvalue weighted by Crippen LogP contribution is 2.13. The van der Waals surface area contributed by atoms with Crippen molar-refractivity contribution >= 4 is 16.1 Å². The summed E-state index contributed by atoms with van der Waals surface area (Å²) < 4.78 is 33.8. The van der Waals surface area contributed by atoms with Gasteiger partial charge in [0.2, 0.25) is 0 Å². The first-order valence-corrected chi connectivity index (χ1v) is 7.06. The van der Waals surface area contributed by atoms with Crippen molar-refractivity contribution in [2.75, 3.05) is 6.54 Å². The number of carbonyl (C=O) groups excluding carboxylic acids is 1. The maximum Gasteiger partial charge on any atom is 0.332 e. The average Bonchev–Trinajstić information content (AvgIpc) is 2.34. The third-order valence-corrected chi connectivity index (χ3v) is 3.54. The Morgan fingerprint density at radius 2 is 1.89 bits per heavy atom. The van der Waals surface area contributed by atoms with Gasteiger partial charge >= 0.3 is 10.2 Å². The van der Waals surface area contributed by atoms with Crippen molar-refractivity contribution in [3.8, 4) is 0 Å². The molecule has 1 rings (SSSR count). The molecule has 0 saturated carbocycles. The van der Waals surface area contributed by atoms with Crippen LogP contribution in [0.4, 0.5) is 3.89 Å². The summed E-state index contributed by atoms with van der Waals surface area (Å²) in [5, 5.41) is 2.73. The molecule has 1 N–H and O–H groups in total. The number of hydrogen-bond acceptors (Lipinski definition) is 3. The Morgan fingerprint density at radius 3 is 2.33 bits per heavy atom. The van der Waals surface area contributed by atoms with Gasteiger partial charge in [0, 0.05) is 12.1 Å². The van der Waals surface area contributed by atoms with Gasteiger partial charge in [-0.2, -0.15) is 8.42 Å². The Kier molecular flexibility index (Phi) is 4.84. The number of halogens is 1. The standard InChI is InChI=1S/C12H16FNO3S/c1-3-9(2)8-14-12(15)10-4-6-11(7-5-10)18(13,16)17/h4-7,9H,3,8H2,1-2H3,(H,14,15). The molecule has 1 aromatic carbocycles. The second-order valence-corrected chi connectivity index (χ2v) is 5.53. The van der Waals surface area contributed by atoms with Crippen LogP contribution in [-0.4, -0.2) is 20.9 Å². The van der Waals surface area contributed by atoms with Crippen LogP contribution in [0.3, 0.4) is 0 Å². The van der Waals surface area contributed by atoms with Crippen molar-refractivity contribution in [1.82, 2.24) is 5.32 Å². The molecular weight excluding hydrogens is 257 g/mol. The van der Waals surface area contributed by atoms with Crippen molar-refractivity contribution in [2.24, 2.45) is 5.92 Å². The van der Waals surface area contributed by atoms with E-state index in [4.69, 9.17) is 0 Å². The molecule has 0 aliphatic carbocycles. The molecule has 0 radical (unpaired) electrons. The Morgan fingerprint density at radius 1 is 1.33 bits per heavy atom. The fourth-order valence-corrected chi connectivity index (χ4v) is 1.74. The molecule has 0 spiro atoms. The molecule has 0 bridgehead atoms. The smallest absolute Gasteiger partial charge is 0.332 e. The molecule has 6 heteroatoms. The van der Waals surface area contributed by atoms with E-state index < -0.39 is 15.1 Å². The zero-order valence-electron chi connectivity index (χ0n) is 10.3. The Balaban J connectivity index is 2.71. The van der Waals surface area contributed by atoms with Gasteiger partial charge < -0.3 is 5.32 Å². The number of benzene rings is 1. The first-order chi connectivity index (χ1) is 8.34. The summed E-state index contributed by atoms with van der Waals surface area (Å²) in [6.45, 7) is 4.59. The maximum atomic E-state index is 12.6. The lowest BCUT2D eigenvalue weighted by atomic mass is 10.1. The SMILES string of the molecule is CCC(C)CNC(=O)c1ccc(S(=O)(=O)F)cc1. The van der Waals surface area contributed by atoms with Gasteiger partial charge in [0.15, 0.2) is 0 Å². The monoisotopic (exact) mass is 273 g/mol. The van der Waals surface area contributed by atoms with Crippen LogP contribution in [0.15, 0.2) is 29.2 Å². The predicted molar refractivity (Wildman–Crippen MR) is 66.5 cm³/mol. The van der Waals surface area contributed by atoms with Crippen LogP contribution in [-0.2, 0) is 10.2 Å². The van der Waals surface area contributed by atoms with Crippen LogP contribution in [0.2, 0.25) is 0 Å². The predicted octanol–water partition coefficient (Wildman–Crippen LogP) is 2.12. The molecule has 1 atom stereocenters. The number of rotatable bonds is 5. The zero-order valence-corrected chi connectivity index (χ0v) is 11.1. The minimum atomic E-state index is -4.71. The molecule has 0 saturated heterocycles. The van der Waals surface area contributed by atoms with E-state index in [9.17, 15) is 17.1 Å². The molecular formula is C12H16FNO3S. The molecule has 1 aromatic rings. The van der Waals surface area contributed by atoms with Crippen LogP contribution < -0.4 is 5.32 Å². The number of amides is 1. The molecule has 0 heterocycles. The summed E-state index contributed by atoms with van der Waals surface area (Å²) in [6, 6.07) is 4.73. The average molecular weight is 273 g/mol. The third kappa shape index (κ3) is 4.10. The summed E-state index contributed by atoms with van der Waals surface area (Å²) in [5.41, 5.74) is 0.311. The van der Waals surface area contributed by atoms with Crippen molar-refractivity contribution in [3.05, 3.63) is 29.8 Å². The van der Waals surface area contributed by atoms with E-state index in [2.05, 4.69) is 5.32 Å². The van der Waals surface area contributed by atoms with Gasteiger partial charge in [0.1, 0.15) is 0 Å². The highest BCUT2D eigenvalue weighted by molar-refractivity contribution is 7.86. The van der Waals surface area contributed by atoms with Crippen molar-refractivity contribution in [1.29, 1.82) is 0 Å². The van der Waals surface area contributed by atoms with E-state index >= 15 is 0 Å². The summed E-state index contributed by atoms with van der Waals surface area (Å²) in [6.07, 6.45) is 0.958. The third-order valence-electron chi connectivity index (χ3n) is 2.71. The van der Waals surface area contributed by atoms with Gasteiger partial charge in [0.25, 0.3) is 5.91 Å². The molecule has 4 nitrogen and oxygen atoms in total. The molecule has 1 amide bonds. The van der Waals surface area contributed by atoms with Crippen molar-refractivity contribution in [2.45, 2.75) is 25.2 Å². The van der Waals surface area contributed by atoms with E-state index in [-0.39, 0.29) is 5.91 Å². The van der Waals surface area contributed by atoms with E-state index in [1.54, 1.807) is 0 Å². The molecule has 18 heavy (non-hydrogen) atoms. The fourth-order valence-electron chi connectivity index (χ4n) is 1.28. The van der Waals surface area contributed by atoms with Crippen molar-refractivity contribution < 1.29 is 17.1 Å². The Bertz CT molecular complexity index is 511. The van der Waals surface area contributed by atoms with Gasteiger partial charge in [-0.3, -0.25) is 4.79 Å². The van der Waals surface area contributed by atoms with Crippen LogP contribution in [0, 0.1) is 5.92 Å². The topological polar surface area (TPSA) is 63.2 Å². The maximum absolute atomic E-state index is 12.6. The first-order valence-electron chi connectivity index (χ1n) is 5.67. The highest BCUT2D eigenvalue weighted by Gasteiger charge is 2.13. The van der Waals surface area contributed by atoms with Crippen molar-refractivity contribution in [3.63, 3.8) is 0 Å². The fraction of sp³-hybridized carbons (Fsp3) is 0.417. The summed E-state index contributed by atoms with van der Waals surface area (Å²) in [7, 11) is -4.71. The van der Waals surface area contributed by atoms with Gasteiger partial charge in [-0.15, -0.1) is 3.89 Å². The molecule has 0 aliphatic heterocycles. The summed E-state index contributed by atoms with van der Waals surface area (Å²) in [5.74, 6) is 0.0811. The van der Waals surface area contributed by atoms with Gasteiger partial charge in [-0.05, 0) is 30.2 Å². The minimum Gasteiger partial charge on any atom is -0.352 e. The number of nitrogens with one attached hydrogen (secondary N) is 1. The van der Waals surface area contributed by atoms with Crippen LogP contribution in [0.1, 0.15) is 30.6 Å². The second-order valence-electron chi connectivity index (χ2n) is 4.19. The van der Waals surface area contributed by atoms with E-state index in [0.29, 0.717) is 18.0 Å². The van der Waals surface area contributed by atoms with Gasteiger partial charge in [-0.1, -0.05) is 20.3 Å². The molecule has 0 aromatic heterocycles.